The summed E-state index contributed by atoms with van der Waals surface area (Å²) in [6, 6.07) is 8.70. The topological polar surface area (TPSA) is 46.5 Å². The molecule has 0 bridgehead atoms. The van der Waals surface area contributed by atoms with Crippen molar-refractivity contribution in [1.82, 2.24) is 0 Å². The predicted molar refractivity (Wildman–Crippen MR) is 71.8 cm³/mol. The molecule has 1 aromatic heterocycles. The highest BCUT2D eigenvalue weighted by atomic mass is 35.5. The first-order chi connectivity index (χ1) is 8.58. The van der Waals surface area contributed by atoms with E-state index in [9.17, 15) is 4.79 Å². The zero-order valence-corrected chi connectivity index (χ0v) is 11.2. The van der Waals surface area contributed by atoms with Crippen molar-refractivity contribution in [2.75, 3.05) is 0 Å². The molecule has 0 aliphatic heterocycles. The van der Waals surface area contributed by atoms with Crippen molar-refractivity contribution < 1.29 is 14.6 Å². The van der Waals surface area contributed by atoms with Gasteiger partial charge in [0.15, 0.2) is 0 Å². The second-order valence-corrected chi connectivity index (χ2v) is 5.53. The zero-order chi connectivity index (χ0) is 13.1. The summed E-state index contributed by atoms with van der Waals surface area (Å²) < 4.78 is 6.33. The highest BCUT2D eigenvalue weighted by Gasteiger charge is 2.11. The average Bonchev–Trinajstić information content (AvgIpc) is 2.73. The van der Waals surface area contributed by atoms with Crippen LogP contribution in [0.2, 0.25) is 4.34 Å². The highest BCUT2D eigenvalue weighted by Crippen LogP contribution is 2.25. The van der Waals surface area contributed by atoms with Crippen molar-refractivity contribution in [3.8, 4) is 5.75 Å². The summed E-state index contributed by atoms with van der Waals surface area (Å²) in [6.45, 7) is 2.13. The first-order valence-corrected chi connectivity index (χ1v) is 6.47. The van der Waals surface area contributed by atoms with E-state index in [-0.39, 0.29) is 5.56 Å². The van der Waals surface area contributed by atoms with Crippen molar-refractivity contribution in [1.29, 1.82) is 0 Å². The van der Waals surface area contributed by atoms with Gasteiger partial charge in [-0.2, -0.15) is 0 Å². The molecule has 3 nitrogen and oxygen atoms in total. The van der Waals surface area contributed by atoms with Crippen molar-refractivity contribution in [2.45, 2.75) is 13.5 Å². The van der Waals surface area contributed by atoms with Crippen LogP contribution in [0, 0.1) is 6.92 Å². The van der Waals surface area contributed by atoms with E-state index in [1.165, 1.54) is 11.3 Å². The van der Waals surface area contributed by atoms with Crippen molar-refractivity contribution in [3.63, 3.8) is 0 Å². The number of carboxylic acid groups (broad SMARTS) is 1. The second-order valence-electron chi connectivity index (χ2n) is 3.73. The minimum atomic E-state index is -0.947. The Hall–Kier alpha value is -1.52. The summed E-state index contributed by atoms with van der Waals surface area (Å²) in [5.41, 5.74) is 0.893. The SMILES string of the molecule is Cc1c(OCc2ccc(Cl)s2)cccc1C(=O)O. The molecule has 0 atom stereocenters. The molecule has 18 heavy (non-hydrogen) atoms. The summed E-state index contributed by atoms with van der Waals surface area (Å²) in [7, 11) is 0. The van der Waals surface area contributed by atoms with Gasteiger partial charge in [-0.1, -0.05) is 17.7 Å². The minimum Gasteiger partial charge on any atom is -0.488 e. The van der Waals surface area contributed by atoms with E-state index in [1.54, 1.807) is 25.1 Å². The third-order valence-corrected chi connectivity index (χ3v) is 3.72. The van der Waals surface area contributed by atoms with Crippen LogP contribution < -0.4 is 4.74 Å². The number of thiophene rings is 1. The molecule has 0 radical (unpaired) electrons. The van der Waals surface area contributed by atoms with E-state index >= 15 is 0 Å². The molecule has 2 aromatic rings. The fourth-order valence-corrected chi connectivity index (χ4v) is 2.58. The quantitative estimate of drug-likeness (QED) is 0.922. The molecule has 1 aromatic carbocycles. The monoisotopic (exact) mass is 282 g/mol. The molecule has 5 heteroatoms. The number of halogens is 1. The number of hydrogen-bond donors (Lipinski definition) is 1. The molecule has 0 spiro atoms. The van der Waals surface area contributed by atoms with Crippen LogP contribution in [0.1, 0.15) is 20.8 Å². The summed E-state index contributed by atoms with van der Waals surface area (Å²) in [5.74, 6) is -0.364. The van der Waals surface area contributed by atoms with Gasteiger partial charge in [0.05, 0.1) is 9.90 Å². The molecule has 2 rings (SSSR count). The molecule has 0 unspecified atom stereocenters. The van der Waals surface area contributed by atoms with E-state index < -0.39 is 5.97 Å². The first-order valence-electron chi connectivity index (χ1n) is 5.28. The Morgan fingerprint density at radius 1 is 1.39 bits per heavy atom. The number of ether oxygens (including phenoxy) is 1. The van der Waals surface area contributed by atoms with E-state index in [4.69, 9.17) is 21.4 Å². The van der Waals surface area contributed by atoms with Crippen LogP contribution in [0.25, 0.3) is 0 Å². The summed E-state index contributed by atoms with van der Waals surface area (Å²) >= 11 is 7.27. The number of carbonyl (C=O) groups is 1. The van der Waals surface area contributed by atoms with Crippen LogP contribution in [0.5, 0.6) is 5.75 Å². The van der Waals surface area contributed by atoms with Gasteiger partial charge in [0, 0.05) is 10.4 Å². The van der Waals surface area contributed by atoms with E-state index in [1.807, 2.05) is 12.1 Å². The lowest BCUT2D eigenvalue weighted by molar-refractivity contribution is 0.0695. The molecule has 1 N–H and O–H groups in total. The van der Waals surface area contributed by atoms with Gasteiger partial charge in [0.2, 0.25) is 0 Å². The fraction of sp³-hybridized carbons (Fsp3) is 0.154. The van der Waals surface area contributed by atoms with E-state index in [0.29, 0.717) is 22.3 Å². The first kappa shape index (κ1) is 12.9. The van der Waals surface area contributed by atoms with Crippen LogP contribution in [0.3, 0.4) is 0 Å². The maximum atomic E-state index is 11.0. The van der Waals surface area contributed by atoms with Gasteiger partial charge < -0.3 is 9.84 Å². The number of carboxylic acids is 1. The lowest BCUT2D eigenvalue weighted by Gasteiger charge is -2.09. The van der Waals surface area contributed by atoms with Gasteiger partial charge >= 0.3 is 5.97 Å². The average molecular weight is 283 g/mol. The van der Waals surface area contributed by atoms with Crippen LogP contribution in [0.4, 0.5) is 0 Å². The van der Waals surface area contributed by atoms with Gasteiger partial charge in [-0.3, -0.25) is 0 Å². The standard InChI is InChI=1S/C13H11ClO3S/c1-8-10(13(15)16)3-2-4-11(8)17-7-9-5-6-12(14)18-9/h2-6H,7H2,1H3,(H,15,16). The fourth-order valence-electron chi connectivity index (χ4n) is 1.58. The van der Waals surface area contributed by atoms with Crippen molar-refractivity contribution >= 4 is 28.9 Å². The molecule has 0 fully saturated rings. The van der Waals surface area contributed by atoms with Crippen LogP contribution in [-0.4, -0.2) is 11.1 Å². The minimum absolute atomic E-state index is 0.261. The molecule has 0 aliphatic rings. The van der Waals surface area contributed by atoms with Crippen LogP contribution in [0.15, 0.2) is 30.3 Å². The predicted octanol–water partition coefficient (Wildman–Crippen LogP) is 3.99. The molecule has 0 saturated carbocycles. The summed E-state index contributed by atoms with van der Waals surface area (Å²) in [4.78, 5) is 12.0. The molecular weight excluding hydrogens is 272 g/mol. The van der Waals surface area contributed by atoms with Gasteiger partial charge in [0.1, 0.15) is 12.4 Å². The highest BCUT2D eigenvalue weighted by molar-refractivity contribution is 7.16. The maximum Gasteiger partial charge on any atom is 0.336 e. The Morgan fingerprint density at radius 2 is 2.17 bits per heavy atom. The summed E-state index contributed by atoms with van der Waals surface area (Å²) in [5, 5.41) is 9.01. The van der Waals surface area contributed by atoms with E-state index in [2.05, 4.69) is 0 Å². The molecular formula is C13H11ClO3S. The molecule has 0 saturated heterocycles. The number of hydrogen-bond acceptors (Lipinski definition) is 3. The maximum absolute atomic E-state index is 11.0. The Bertz CT molecular complexity index is 577. The van der Waals surface area contributed by atoms with Gasteiger partial charge in [-0.05, 0) is 31.2 Å². The third-order valence-electron chi connectivity index (χ3n) is 2.51. The van der Waals surface area contributed by atoms with Crippen LogP contribution in [-0.2, 0) is 6.61 Å². The second kappa shape index (κ2) is 5.42. The lowest BCUT2D eigenvalue weighted by Crippen LogP contribution is -2.02. The Kier molecular flexibility index (Phi) is 3.89. The molecule has 0 amide bonds. The third kappa shape index (κ3) is 2.83. The number of benzene rings is 1. The number of aromatic carboxylic acids is 1. The smallest absolute Gasteiger partial charge is 0.336 e. The molecule has 1 heterocycles. The lowest BCUT2D eigenvalue weighted by atomic mass is 10.1. The van der Waals surface area contributed by atoms with Gasteiger partial charge in [-0.15, -0.1) is 11.3 Å². The summed E-state index contributed by atoms with van der Waals surface area (Å²) in [6.07, 6.45) is 0. The Morgan fingerprint density at radius 3 is 2.78 bits per heavy atom. The van der Waals surface area contributed by atoms with Gasteiger partial charge in [-0.25, -0.2) is 4.79 Å². The Labute approximate surface area is 114 Å². The molecule has 0 aliphatic carbocycles. The van der Waals surface area contributed by atoms with Crippen molar-refractivity contribution in [2.24, 2.45) is 0 Å². The van der Waals surface area contributed by atoms with Crippen molar-refractivity contribution in [3.05, 3.63) is 50.7 Å². The molecule has 94 valence electrons. The van der Waals surface area contributed by atoms with E-state index in [0.717, 1.165) is 4.88 Å². The normalized spacial score (nSPS) is 10.3. The van der Waals surface area contributed by atoms with Gasteiger partial charge in [0.25, 0.3) is 0 Å². The Balaban J connectivity index is 2.14. The number of rotatable bonds is 4. The largest absolute Gasteiger partial charge is 0.488 e. The zero-order valence-electron chi connectivity index (χ0n) is 9.64. The van der Waals surface area contributed by atoms with Crippen LogP contribution >= 0.6 is 22.9 Å².